The van der Waals surface area contributed by atoms with E-state index in [1.54, 1.807) is 26.4 Å². The van der Waals surface area contributed by atoms with Crippen molar-refractivity contribution < 1.29 is 18.7 Å². The van der Waals surface area contributed by atoms with E-state index in [0.717, 1.165) is 62.3 Å². The van der Waals surface area contributed by atoms with Crippen molar-refractivity contribution in [2.75, 3.05) is 33.9 Å². The van der Waals surface area contributed by atoms with Gasteiger partial charge in [0, 0.05) is 31.0 Å². The smallest absolute Gasteiger partial charge is 0.220 e. The predicted molar refractivity (Wildman–Crippen MR) is 190 cm³/mol. The second kappa shape index (κ2) is 15.8. The summed E-state index contributed by atoms with van der Waals surface area (Å²) in [5.74, 6) is 2.11. The van der Waals surface area contributed by atoms with E-state index < -0.39 is 0 Å². The van der Waals surface area contributed by atoms with Crippen LogP contribution in [-0.2, 0) is 23.1 Å². The fraction of sp³-hybridized carbons (Fsp3) is 0.405. The van der Waals surface area contributed by atoms with Crippen LogP contribution in [0.3, 0.4) is 0 Å². The number of methoxy groups -OCH3 is 2. The fourth-order valence-electron chi connectivity index (χ4n) is 7.83. The van der Waals surface area contributed by atoms with Crippen molar-refractivity contribution in [3.05, 3.63) is 131 Å². The Morgan fingerprint density at radius 1 is 0.854 bits per heavy atom. The molecule has 0 saturated heterocycles. The minimum Gasteiger partial charge on any atom is -0.493 e. The van der Waals surface area contributed by atoms with Gasteiger partial charge in [0.15, 0.2) is 11.5 Å². The third-order valence-electron chi connectivity index (χ3n) is 10.5. The molecule has 6 heteroatoms. The van der Waals surface area contributed by atoms with Gasteiger partial charge in [0.25, 0.3) is 0 Å². The van der Waals surface area contributed by atoms with E-state index >= 15 is 0 Å². The maximum atomic E-state index is 13.3. The molecule has 4 aromatic carbocycles. The number of hydrogen-bond donors (Lipinski definition) is 1. The van der Waals surface area contributed by atoms with Gasteiger partial charge in [0.05, 0.1) is 14.2 Å². The highest BCUT2D eigenvalue weighted by Gasteiger charge is 2.40. The standard InChI is InChI=1S/C42H49FN2O3/c1-47-38-29-33-23-28-45(41(32-18-19-32)37(33)30-39(38)48-2)27-10-25-42(34-11-5-3-6-12-34,35-13-7-4-8-14-35)24-9-26-44-40(46)22-17-31-15-20-36(43)21-16-31/h3-8,11-16,20-21,29-30,32,41H,9-10,17-19,22-28H2,1-2H3,(H,44,46). The molecule has 6 rings (SSSR count). The van der Waals surface area contributed by atoms with Crippen molar-refractivity contribution in [2.45, 2.75) is 69.2 Å². The van der Waals surface area contributed by atoms with Crippen molar-refractivity contribution in [2.24, 2.45) is 5.92 Å². The van der Waals surface area contributed by atoms with Gasteiger partial charge >= 0.3 is 0 Å². The Labute approximate surface area is 285 Å². The minimum atomic E-state index is -0.255. The highest BCUT2D eigenvalue weighted by Crippen LogP contribution is 2.50. The zero-order valence-corrected chi connectivity index (χ0v) is 28.4. The molecule has 4 aromatic rings. The molecule has 1 aliphatic heterocycles. The van der Waals surface area contributed by atoms with Gasteiger partial charge in [-0.1, -0.05) is 72.8 Å². The first-order valence-electron chi connectivity index (χ1n) is 17.6. The average molecular weight is 649 g/mol. The van der Waals surface area contributed by atoms with Crippen LogP contribution in [0.4, 0.5) is 4.39 Å². The van der Waals surface area contributed by atoms with Crippen LogP contribution >= 0.6 is 0 Å². The Kier molecular flexibility index (Phi) is 11.1. The number of amides is 1. The minimum absolute atomic E-state index is 0.0371. The predicted octanol–water partition coefficient (Wildman–Crippen LogP) is 8.45. The van der Waals surface area contributed by atoms with Crippen LogP contribution in [0.1, 0.15) is 78.8 Å². The van der Waals surface area contributed by atoms with Gasteiger partial charge < -0.3 is 14.8 Å². The van der Waals surface area contributed by atoms with Crippen molar-refractivity contribution in [3.63, 3.8) is 0 Å². The summed E-state index contributed by atoms with van der Waals surface area (Å²) >= 11 is 0. The summed E-state index contributed by atoms with van der Waals surface area (Å²) in [6.07, 6.45) is 8.47. The van der Waals surface area contributed by atoms with Crippen molar-refractivity contribution in [1.82, 2.24) is 10.2 Å². The molecule has 1 N–H and O–H groups in total. The Hall–Kier alpha value is -4.16. The number of fused-ring (bicyclic) bond motifs is 1. The zero-order chi connectivity index (χ0) is 33.3. The monoisotopic (exact) mass is 648 g/mol. The van der Waals surface area contributed by atoms with Crippen LogP contribution in [0.5, 0.6) is 11.5 Å². The second-order valence-electron chi connectivity index (χ2n) is 13.5. The molecular formula is C42H49FN2O3. The van der Waals surface area contributed by atoms with Crippen molar-refractivity contribution in [1.29, 1.82) is 0 Å². The van der Waals surface area contributed by atoms with E-state index in [1.807, 2.05) is 0 Å². The van der Waals surface area contributed by atoms with Gasteiger partial charge in [-0.05, 0) is 116 Å². The summed E-state index contributed by atoms with van der Waals surface area (Å²) in [5.41, 5.74) is 6.27. The van der Waals surface area contributed by atoms with E-state index in [4.69, 9.17) is 9.47 Å². The zero-order valence-electron chi connectivity index (χ0n) is 28.4. The number of nitrogens with zero attached hydrogens (tertiary/aromatic N) is 1. The quantitative estimate of drug-likeness (QED) is 0.124. The topological polar surface area (TPSA) is 50.8 Å². The van der Waals surface area contributed by atoms with E-state index in [1.165, 1.54) is 47.2 Å². The number of hydrogen-bond acceptors (Lipinski definition) is 4. The Morgan fingerprint density at radius 3 is 2.10 bits per heavy atom. The average Bonchev–Trinajstić information content (AvgIpc) is 3.98. The molecule has 2 aliphatic rings. The summed E-state index contributed by atoms with van der Waals surface area (Å²) in [7, 11) is 3.44. The fourth-order valence-corrected chi connectivity index (χ4v) is 7.83. The maximum absolute atomic E-state index is 13.3. The molecule has 1 unspecified atom stereocenters. The van der Waals surface area contributed by atoms with E-state index in [2.05, 4.69) is 83.0 Å². The molecule has 0 spiro atoms. The third kappa shape index (κ3) is 7.92. The molecule has 1 amide bonds. The molecule has 0 radical (unpaired) electrons. The van der Waals surface area contributed by atoms with Gasteiger partial charge in [0.1, 0.15) is 5.82 Å². The summed E-state index contributed by atoms with van der Waals surface area (Å²) in [6.45, 7) is 2.72. The van der Waals surface area contributed by atoms with Crippen LogP contribution < -0.4 is 14.8 Å². The lowest BCUT2D eigenvalue weighted by Crippen LogP contribution is -2.38. The second-order valence-corrected chi connectivity index (χ2v) is 13.5. The van der Waals surface area contributed by atoms with Gasteiger partial charge in [-0.15, -0.1) is 0 Å². The summed E-state index contributed by atoms with van der Waals surface area (Å²) in [6, 6.07) is 33.1. The summed E-state index contributed by atoms with van der Waals surface area (Å²) < 4.78 is 24.6. The van der Waals surface area contributed by atoms with Crippen LogP contribution in [0, 0.1) is 11.7 Å². The number of benzene rings is 4. The number of ether oxygens (including phenoxy) is 2. The van der Waals surface area contributed by atoms with Crippen LogP contribution in [0.2, 0.25) is 0 Å². The first kappa shape index (κ1) is 33.7. The van der Waals surface area contributed by atoms with Crippen molar-refractivity contribution in [3.8, 4) is 11.5 Å². The first-order chi connectivity index (χ1) is 23.5. The highest BCUT2D eigenvalue weighted by molar-refractivity contribution is 5.76. The lowest BCUT2D eigenvalue weighted by Gasteiger charge is -2.40. The van der Waals surface area contributed by atoms with E-state index in [0.29, 0.717) is 31.3 Å². The molecule has 0 aromatic heterocycles. The molecule has 5 nitrogen and oxygen atoms in total. The maximum Gasteiger partial charge on any atom is 0.220 e. The van der Waals surface area contributed by atoms with Crippen molar-refractivity contribution >= 4 is 5.91 Å². The molecule has 0 bridgehead atoms. The molecule has 1 aliphatic carbocycles. The number of rotatable bonds is 16. The number of aryl methyl sites for hydroxylation is 1. The summed E-state index contributed by atoms with van der Waals surface area (Å²) in [5, 5.41) is 3.16. The number of halogens is 1. The first-order valence-corrected chi connectivity index (χ1v) is 17.6. The molecule has 48 heavy (non-hydrogen) atoms. The van der Waals surface area contributed by atoms with Gasteiger partial charge in [0.2, 0.25) is 5.91 Å². The molecule has 1 atom stereocenters. The molecule has 1 saturated carbocycles. The van der Waals surface area contributed by atoms with E-state index in [-0.39, 0.29) is 17.1 Å². The Balaban J connectivity index is 1.16. The van der Waals surface area contributed by atoms with Gasteiger partial charge in [-0.2, -0.15) is 0 Å². The highest BCUT2D eigenvalue weighted by atomic mass is 19.1. The largest absolute Gasteiger partial charge is 0.493 e. The van der Waals surface area contributed by atoms with Crippen LogP contribution in [0.15, 0.2) is 97.1 Å². The number of nitrogens with one attached hydrogen (secondary N) is 1. The van der Waals surface area contributed by atoms with E-state index in [9.17, 15) is 9.18 Å². The lowest BCUT2D eigenvalue weighted by atomic mass is 9.68. The van der Waals surface area contributed by atoms with Crippen LogP contribution in [-0.4, -0.2) is 44.7 Å². The molecule has 1 heterocycles. The lowest BCUT2D eigenvalue weighted by molar-refractivity contribution is -0.121. The molecular weight excluding hydrogens is 599 g/mol. The molecule has 1 fully saturated rings. The Morgan fingerprint density at radius 2 is 1.48 bits per heavy atom. The molecule has 252 valence electrons. The SMILES string of the molecule is COc1cc2c(cc1OC)C(C1CC1)N(CCCC(CCCNC(=O)CCc1ccc(F)cc1)(c1ccccc1)c1ccccc1)CC2. The summed E-state index contributed by atoms with van der Waals surface area (Å²) in [4.78, 5) is 15.5. The Bertz CT molecular complexity index is 1580. The van der Waals surface area contributed by atoms with Gasteiger partial charge in [-0.25, -0.2) is 4.39 Å². The van der Waals surface area contributed by atoms with Crippen LogP contribution in [0.25, 0.3) is 0 Å². The normalized spacial score (nSPS) is 16.3. The number of carbonyl (C=O) groups is 1. The third-order valence-corrected chi connectivity index (χ3v) is 10.5. The number of carbonyl (C=O) groups excluding carboxylic acids is 1. The van der Waals surface area contributed by atoms with Gasteiger partial charge in [-0.3, -0.25) is 9.69 Å².